The van der Waals surface area contributed by atoms with Gasteiger partial charge in [-0.15, -0.1) is 0 Å². The van der Waals surface area contributed by atoms with Gasteiger partial charge in [0.15, 0.2) is 10.3 Å². The summed E-state index contributed by atoms with van der Waals surface area (Å²) in [6.45, 7) is 3.97. The van der Waals surface area contributed by atoms with Crippen molar-refractivity contribution in [2.24, 2.45) is 7.05 Å². The lowest BCUT2D eigenvalue weighted by Gasteiger charge is -2.06. The van der Waals surface area contributed by atoms with Gasteiger partial charge in [0.1, 0.15) is 5.82 Å². The molecule has 3 rings (SSSR count). The number of nitrogens with zero attached hydrogens (tertiary/aromatic N) is 4. The molecule has 0 atom stereocenters. The Morgan fingerprint density at radius 2 is 1.88 bits per heavy atom. The van der Waals surface area contributed by atoms with Gasteiger partial charge in [0.05, 0.1) is 16.8 Å². The molecule has 1 aromatic carbocycles. The standard InChI is InChI=1S/C17H20N6S2/c1-10-7-11(2)20-17(19-10)25-9-15-22-13-8-12(21-16(24)18-3)5-6-14(13)23(15)4/h5-8H,9H2,1-4H3,(H2,18,21,24). The molecule has 0 saturated heterocycles. The van der Waals surface area contributed by atoms with Gasteiger partial charge in [-0.3, -0.25) is 0 Å². The minimum atomic E-state index is 0.582. The monoisotopic (exact) mass is 372 g/mol. The average Bonchev–Trinajstić information content (AvgIpc) is 2.87. The van der Waals surface area contributed by atoms with Gasteiger partial charge in [0, 0.05) is 31.2 Å². The minimum absolute atomic E-state index is 0.582. The molecule has 130 valence electrons. The third-order valence-electron chi connectivity index (χ3n) is 3.75. The molecule has 0 unspecified atom stereocenters. The zero-order chi connectivity index (χ0) is 18.0. The number of imidazole rings is 1. The first-order valence-corrected chi connectivity index (χ1v) is 9.25. The number of benzene rings is 1. The summed E-state index contributed by atoms with van der Waals surface area (Å²) in [5.74, 6) is 1.70. The summed E-state index contributed by atoms with van der Waals surface area (Å²) in [5.41, 5.74) is 4.90. The van der Waals surface area contributed by atoms with Gasteiger partial charge < -0.3 is 15.2 Å². The van der Waals surface area contributed by atoms with Crippen LogP contribution in [0.4, 0.5) is 5.69 Å². The molecule has 2 heterocycles. The molecule has 3 aromatic rings. The zero-order valence-corrected chi connectivity index (χ0v) is 16.3. The summed E-state index contributed by atoms with van der Waals surface area (Å²) < 4.78 is 2.10. The van der Waals surface area contributed by atoms with Crippen LogP contribution >= 0.6 is 24.0 Å². The molecule has 6 nitrogen and oxygen atoms in total. The maximum Gasteiger partial charge on any atom is 0.188 e. The van der Waals surface area contributed by atoms with Crippen LogP contribution < -0.4 is 10.6 Å². The molecule has 8 heteroatoms. The second-order valence-corrected chi connectivity index (χ2v) is 7.07. The molecule has 0 saturated carbocycles. The highest BCUT2D eigenvalue weighted by Crippen LogP contribution is 2.24. The van der Waals surface area contributed by atoms with Crippen LogP contribution in [0.1, 0.15) is 17.2 Å². The van der Waals surface area contributed by atoms with E-state index in [4.69, 9.17) is 17.2 Å². The molecule has 0 amide bonds. The van der Waals surface area contributed by atoms with Gasteiger partial charge in [0.25, 0.3) is 0 Å². The fourth-order valence-electron chi connectivity index (χ4n) is 2.54. The van der Waals surface area contributed by atoms with E-state index in [-0.39, 0.29) is 0 Å². The topological polar surface area (TPSA) is 67.7 Å². The molecule has 2 aromatic heterocycles. The SMILES string of the molecule is CNC(=S)Nc1ccc2c(c1)nc(CSc1nc(C)cc(C)n1)n2C. The molecular weight excluding hydrogens is 352 g/mol. The third-order valence-corrected chi connectivity index (χ3v) is 4.90. The van der Waals surface area contributed by atoms with E-state index < -0.39 is 0 Å². The summed E-state index contributed by atoms with van der Waals surface area (Å²) in [7, 11) is 3.82. The quantitative estimate of drug-likeness (QED) is 0.414. The Bertz CT molecular complexity index is 914. The molecule has 0 aliphatic rings. The van der Waals surface area contributed by atoms with Crippen molar-refractivity contribution in [3.63, 3.8) is 0 Å². The highest BCUT2D eigenvalue weighted by molar-refractivity contribution is 7.98. The Morgan fingerprint density at radius 3 is 2.56 bits per heavy atom. The highest BCUT2D eigenvalue weighted by atomic mass is 32.2. The van der Waals surface area contributed by atoms with E-state index in [1.807, 2.05) is 45.2 Å². The van der Waals surface area contributed by atoms with Gasteiger partial charge >= 0.3 is 0 Å². The number of anilines is 1. The number of hydrogen-bond acceptors (Lipinski definition) is 5. The van der Waals surface area contributed by atoms with Crippen molar-refractivity contribution < 1.29 is 0 Å². The van der Waals surface area contributed by atoms with Crippen molar-refractivity contribution in [2.75, 3.05) is 12.4 Å². The first-order chi connectivity index (χ1) is 12.0. The number of thioether (sulfide) groups is 1. The van der Waals surface area contributed by atoms with E-state index in [0.29, 0.717) is 10.9 Å². The van der Waals surface area contributed by atoms with E-state index in [2.05, 4.69) is 25.2 Å². The Balaban J connectivity index is 1.81. The number of aromatic nitrogens is 4. The lowest BCUT2D eigenvalue weighted by molar-refractivity contribution is 0.866. The van der Waals surface area contributed by atoms with E-state index in [1.165, 1.54) is 0 Å². The maximum absolute atomic E-state index is 5.14. The predicted octanol–water partition coefficient (Wildman–Crippen LogP) is 3.19. The van der Waals surface area contributed by atoms with Crippen LogP contribution in [-0.2, 0) is 12.8 Å². The lowest BCUT2D eigenvalue weighted by Crippen LogP contribution is -2.23. The van der Waals surface area contributed by atoms with Crippen molar-refractivity contribution in [2.45, 2.75) is 24.8 Å². The summed E-state index contributed by atoms with van der Waals surface area (Å²) in [6.07, 6.45) is 0. The predicted molar refractivity (Wildman–Crippen MR) is 107 cm³/mol. The fraction of sp³-hybridized carbons (Fsp3) is 0.294. The van der Waals surface area contributed by atoms with E-state index in [0.717, 1.165) is 39.1 Å². The fourth-order valence-corrected chi connectivity index (χ4v) is 3.59. The molecule has 0 bridgehead atoms. The second kappa shape index (κ2) is 7.37. The number of fused-ring (bicyclic) bond motifs is 1. The van der Waals surface area contributed by atoms with Gasteiger partial charge in [-0.05, 0) is 50.3 Å². The molecule has 0 fully saturated rings. The van der Waals surface area contributed by atoms with Crippen molar-refractivity contribution in [3.05, 3.63) is 41.5 Å². The Kier molecular flexibility index (Phi) is 5.19. The largest absolute Gasteiger partial charge is 0.366 e. The Morgan fingerprint density at radius 1 is 1.16 bits per heavy atom. The van der Waals surface area contributed by atoms with E-state index in [1.54, 1.807) is 18.8 Å². The molecule has 2 N–H and O–H groups in total. The first-order valence-electron chi connectivity index (χ1n) is 7.85. The van der Waals surface area contributed by atoms with Crippen LogP contribution in [0, 0.1) is 13.8 Å². The summed E-state index contributed by atoms with van der Waals surface area (Å²) in [6, 6.07) is 8.02. The van der Waals surface area contributed by atoms with Gasteiger partial charge in [-0.25, -0.2) is 15.0 Å². The van der Waals surface area contributed by atoms with E-state index in [9.17, 15) is 0 Å². The van der Waals surface area contributed by atoms with Gasteiger partial charge in [0.2, 0.25) is 0 Å². The van der Waals surface area contributed by atoms with Crippen LogP contribution in [0.3, 0.4) is 0 Å². The average molecular weight is 373 g/mol. The number of nitrogens with one attached hydrogen (secondary N) is 2. The zero-order valence-electron chi connectivity index (χ0n) is 14.6. The first kappa shape index (κ1) is 17.6. The second-order valence-electron chi connectivity index (χ2n) is 5.72. The van der Waals surface area contributed by atoms with Crippen molar-refractivity contribution in [1.82, 2.24) is 24.8 Å². The van der Waals surface area contributed by atoms with Crippen molar-refractivity contribution >= 4 is 45.8 Å². The molecule has 0 radical (unpaired) electrons. The summed E-state index contributed by atoms with van der Waals surface area (Å²) in [5, 5.41) is 7.40. The number of aryl methyl sites for hydroxylation is 3. The number of hydrogen-bond donors (Lipinski definition) is 2. The van der Waals surface area contributed by atoms with Crippen molar-refractivity contribution in [3.8, 4) is 0 Å². The van der Waals surface area contributed by atoms with Gasteiger partial charge in [-0.1, -0.05) is 11.8 Å². The van der Waals surface area contributed by atoms with Gasteiger partial charge in [-0.2, -0.15) is 0 Å². The highest BCUT2D eigenvalue weighted by Gasteiger charge is 2.10. The smallest absolute Gasteiger partial charge is 0.188 e. The summed E-state index contributed by atoms with van der Waals surface area (Å²) in [4.78, 5) is 13.7. The molecular formula is C17H20N6S2. The van der Waals surface area contributed by atoms with Crippen LogP contribution in [-0.4, -0.2) is 31.7 Å². The number of rotatable bonds is 4. The molecule has 25 heavy (non-hydrogen) atoms. The molecule has 0 aliphatic carbocycles. The minimum Gasteiger partial charge on any atom is -0.366 e. The summed E-state index contributed by atoms with van der Waals surface area (Å²) >= 11 is 6.74. The lowest BCUT2D eigenvalue weighted by atomic mass is 10.3. The number of thiocarbonyl (C=S) groups is 1. The Labute approximate surface area is 156 Å². The third kappa shape index (κ3) is 4.08. The van der Waals surface area contributed by atoms with E-state index >= 15 is 0 Å². The molecule has 0 aliphatic heterocycles. The van der Waals surface area contributed by atoms with Crippen LogP contribution in [0.15, 0.2) is 29.4 Å². The maximum atomic E-state index is 5.14. The van der Waals surface area contributed by atoms with Crippen LogP contribution in [0.25, 0.3) is 11.0 Å². The normalized spacial score (nSPS) is 10.9. The van der Waals surface area contributed by atoms with Crippen molar-refractivity contribution in [1.29, 1.82) is 0 Å². The molecule has 0 spiro atoms. The Hall–Kier alpha value is -2.19. The van der Waals surface area contributed by atoms with Crippen LogP contribution in [0.2, 0.25) is 0 Å². The van der Waals surface area contributed by atoms with Crippen LogP contribution in [0.5, 0.6) is 0 Å².